The molecule has 1 heterocycles. The van der Waals surface area contributed by atoms with E-state index in [1.165, 1.54) is 0 Å². The molecule has 3 nitrogen and oxygen atoms in total. The number of aromatic nitrogens is 2. The number of nitrogens with zero attached hydrogens (tertiary/aromatic N) is 2. The predicted octanol–water partition coefficient (Wildman–Crippen LogP) is 4.21. The number of rotatable bonds is 3. The Bertz CT molecular complexity index is 567. The first kappa shape index (κ1) is 13.9. The highest BCUT2D eigenvalue weighted by Crippen LogP contribution is 2.23. The average molecular weight is 278 g/mol. The molecule has 0 bridgehead atoms. The third kappa shape index (κ3) is 3.29. The summed E-state index contributed by atoms with van der Waals surface area (Å²) in [5, 5.41) is 8.57. The molecule has 0 saturated carbocycles. The molecule has 0 aliphatic rings. The Morgan fingerprint density at radius 2 is 2.05 bits per heavy atom. The first-order chi connectivity index (χ1) is 8.88. The van der Waals surface area contributed by atoms with Gasteiger partial charge in [-0.1, -0.05) is 17.7 Å². The molecule has 1 N–H and O–H groups in total. The highest BCUT2D eigenvalue weighted by atomic mass is 35.5. The van der Waals surface area contributed by atoms with E-state index in [-0.39, 0.29) is 5.54 Å². The molecule has 0 radical (unpaired) electrons. The van der Waals surface area contributed by atoms with Gasteiger partial charge in [-0.25, -0.2) is 0 Å². The van der Waals surface area contributed by atoms with E-state index < -0.39 is 0 Å². The quantitative estimate of drug-likeness (QED) is 0.911. The van der Waals surface area contributed by atoms with E-state index >= 15 is 0 Å². The number of hydrogen-bond acceptors (Lipinski definition) is 2. The summed E-state index contributed by atoms with van der Waals surface area (Å²) in [6.07, 6.45) is 3.98. The number of benzene rings is 1. The van der Waals surface area contributed by atoms with Gasteiger partial charge in [-0.2, -0.15) is 5.10 Å². The second-order valence-electron chi connectivity index (χ2n) is 5.73. The highest BCUT2D eigenvalue weighted by Gasteiger charge is 2.13. The highest BCUT2D eigenvalue weighted by molar-refractivity contribution is 6.31. The van der Waals surface area contributed by atoms with E-state index in [2.05, 4.69) is 37.4 Å². The zero-order chi connectivity index (χ0) is 14.0. The molecule has 0 fully saturated rings. The molecule has 0 unspecified atom stereocenters. The maximum Gasteiger partial charge on any atom is 0.0543 e. The van der Waals surface area contributed by atoms with Gasteiger partial charge in [0.05, 0.1) is 11.7 Å². The van der Waals surface area contributed by atoms with Crippen LogP contribution in [0.5, 0.6) is 0 Å². The molecule has 0 saturated heterocycles. The van der Waals surface area contributed by atoms with Gasteiger partial charge in [0, 0.05) is 29.0 Å². The molecule has 2 rings (SSSR count). The normalized spacial score (nSPS) is 11.6. The lowest BCUT2D eigenvalue weighted by Gasteiger charge is -2.18. The summed E-state index contributed by atoms with van der Waals surface area (Å²) in [5.74, 6) is 0. The minimum atomic E-state index is 0.0181. The van der Waals surface area contributed by atoms with Gasteiger partial charge in [0.15, 0.2) is 0 Å². The lowest BCUT2D eigenvalue weighted by Crippen LogP contribution is -2.21. The number of anilines is 1. The maximum atomic E-state index is 6.10. The monoisotopic (exact) mass is 277 g/mol. The standard InChI is InChI=1S/C15H20ClN3/c1-11-13(16)6-5-7-14(11)17-8-12-9-18-19(10-12)15(2,3)4/h5-7,9-10,17H,8H2,1-4H3. The molecule has 102 valence electrons. The molecular formula is C15H20ClN3. The second-order valence-corrected chi connectivity index (χ2v) is 6.14. The molecule has 19 heavy (non-hydrogen) atoms. The fourth-order valence-corrected chi connectivity index (χ4v) is 1.99. The molecule has 2 aromatic rings. The van der Waals surface area contributed by atoms with Crippen LogP contribution in [0.15, 0.2) is 30.6 Å². The van der Waals surface area contributed by atoms with Crippen molar-refractivity contribution in [3.8, 4) is 0 Å². The Hall–Kier alpha value is -1.48. The molecule has 0 aliphatic carbocycles. The van der Waals surface area contributed by atoms with Gasteiger partial charge in [-0.05, 0) is 45.4 Å². The lowest BCUT2D eigenvalue weighted by molar-refractivity contribution is 0.355. The van der Waals surface area contributed by atoms with Gasteiger partial charge < -0.3 is 5.32 Å². The van der Waals surface area contributed by atoms with Crippen LogP contribution in [0.3, 0.4) is 0 Å². The van der Waals surface area contributed by atoms with E-state index in [1.54, 1.807) is 0 Å². The van der Waals surface area contributed by atoms with Crippen LogP contribution in [0.25, 0.3) is 0 Å². The Morgan fingerprint density at radius 1 is 1.32 bits per heavy atom. The van der Waals surface area contributed by atoms with Crippen LogP contribution in [0.1, 0.15) is 31.9 Å². The third-order valence-electron chi connectivity index (χ3n) is 3.07. The summed E-state index contributed by atoms with van der Waals surface area (Å²) in [5.41, 5.74) is 3.32. The molecule has 0 spiro atoms. The fraction of sp³-hybridized carbons (Fsp3) is 0.400. The van der Waals surface area contributed by atoms with Crippen molar-refractivity contribution in [1.29, 1.82) is 0 Å². The molecule has 0 aliphatic heterocycles. The molecule has 0 atom stereocenters. The van der Waals surface area contributed by atoms with Crippen molar-refractivity contribution >= 4 is 17.3 Å². The minimum absolute atomic E-state index is 0.0181. The van der Waals surface area contributed by atoms with E-state index in [9.17, 15) is 0 Å². The summed E-state index contributed by atoms with van der Waals surface area (Å²) >= 11 is 6.10. The van der Waals surface area contributed by atoms with E-state index in [0.717, 1.165) is 28.4 Å². The zero-order valence-corrected chi connectivity index (χ0v) is 12.6. The van der Waals surface area contributed by atoms with E-state index in [1.807, 2.05) is 36.0 Å². The van der Waals surface area contributed by atoms with Crippen molar-refractivity contribution in [3.63, 3.8) is 0 Å². The van der Waals surface area contributed by atoms with Crippen molar-refractivity contribution in [2.45, 2.75) is 39.8 Å². The van der Waals surface area contributed by atoms with Crippen LogP contribution >= 0.6 is 11.6 Å². The van der Waals surface area contributed by atoms with Gasteiger partial charge in [-0.3, -0.25) is 4.68 Å². The van der Waals surface area contributed by atoms with Gasteiger partial charge in [-0.15, -0.1) is 0 Å². The van der Waals surface area contributed by atoms with Crippen LogP contribution in [0.2, 0.25) is 5.02 Å². The van der Waals surface area contributed by atoms with Gasteiger partial charge in [0.1, 0.15) is 0 Å². The van der Waals surface area contributed by atoms with Crippen LogP contribution in [0.4, 0.5) is 5.69 Å². The van der Waals surface area contributed by atoms with Crippen molar-refractivity contribution in [1.82, 2.24) is 9.78 Å². The first-order valence-corrected chi connectivity index (χ1v) is 6.79. The Morgan fingerprint density at radius 3 is 2.68 bits per heavy atom. The van der Waals surface area contributed by atoms with Gasteiger partial charge in [0.25, 0.3) is 0 Å². The van der Waals surface area contributed by atoms with Crippen LogP contribution in [-0.2, 0) is 12.1 Å². The first-order valence-electron chi connectivity index (χ1n) is 6.41. The Kier molecular flexibility index (Phi) is 3.85. The summed E-state index contributed by atoms with van der Waals surface area (Å²) < 4.78 is 1.98. The third-order valence-corrected chi connectivity index (χ3v) is 3.48. The maximum absolute atomic E-state index is 6.10. The Balaban J connectivity index is 2.07. The average Bonchev–Trinajstić information content (AvgIpc) is 2.79. The van der Waals surface area contributed by atoms with Crippen LogP contribution in [-0.4, -0.2) is 9.78 Å². The number of hydrogen-bond donors (Lipinski definition) is 1. The summed E-state index contributed by atoms with van der Waals surface area (Å²) in [4.78, 5) is 0. The van der Waals surface area contributed by atoms with Crippen molar-refractivity contribution in [2.24, 2.45) is 0 Å². The molecule has 1 aromatic carbocycles. The largest absolute Gasteiger partial charge is 0.381 e. The predicted molar refractivity (Wildman–Crippen MR) is 80.7 cm³/mol. The van der Waals surface area contributed by atoms with E-state index in [4.69, 9.17) is 11.6 Å². The SMILES string of the molecule is Cc1c(Cl)cccc1NCc1cnn(C(C)(C)C)c1. The number of halogens is 1. The van der Waals surface area contributed by atoms with Gasteiger partial charge >= 0.3 is 0 Å². The van der Waals surface area contributed by atoms with E-state index in [0.29, 0.717) is 0 Å². The lowest BCUT2D eigenvalue weighted by atomic mass is 10.1. The molecule has 1 aromatic heterocycles. The number of nitrogens with one attached hydrogen (secondary N) is 1. The van der Waals surface area contributed by atoms with Crippen molar-refractivity contribution in [3.05, 3.63) is 46.7 Å². The van der Waals surface area contributed by atoms with Crippen LogP contribution in [0, 0.1) is 6.92 Å². The zero-order valence-electron chi connectivity index (χ0n) is 11.9. The molecule has 0 amide bonds. The summed E-state index contributed by atoms with van der Waals surface area (Å²) in [6, 6.07) is 5.89. The van der Waals surface area contributed by atoms with Crippen LogP contribution < -0.4 is 5.32 Å². The van der Waals surface area contributed by atoms with Crippen molar-refractivity contribution < 1.29 is 0 Å². The molecular weight excluding hydrogens is 258 g/mol. The van der Waals surface area contributed by atoms with Gasteiger partial charge in [0.2, 0.25) is 0 Å². The Labute approximate surface area is 119 Å². The van der Waals surface area contributed by atoms with Crippen molar-refractivity contribution in [2.75, 3.05) is 5.32 Å². The molecule has 4 heteroatoms. The smallest absolute Gasteiger partial charge is 0.0543 e. The minimum Gasteiger partial charge on any atom is -0.381 e. The fourth-order valence-electron chi connectivity index (χ4n) is 1.81. The summed E-state index contributed by atoms with van der Waals surface area (Å²) in [6.45, 7) is 9.18. The second kappa shape index (κ2) is 5.25. The summed E-state index contributed by atoms with van der Waals surface area (Å²) in [7, 11) is 0. The topological polar surface area (TPSA) is 29.9 Å².